The van der Waals surface area contributed by atoms with Crippen molar-refractivity contribution in [2.75, 3.05) is 45.1 Å². The molecule has 2 heterocycles. The largest absolute Gasteiger partial charge is 0.379 e. The molecule has 180 valence electrons. The predicted octanol–water partition coefficient (Wildman–Crippen LogP) is 3.57. The molecule has 1 saturated heterocycles. The van der Waals surface area contributed by atoms with Gasteiger partial charge in [-0.3, -0.25) is 14.3 Å². The molecule has 1 N–H and O–H groups in total. The van der Waals surface area contributed by atoms with Crippen LogP contribution in [0.2, 0.25) is 0 Å². The third-order valence-electron chi connectivity index (χ3n) is 5.78. The quantitative estimate of drug-likeness (QED) is 0.316. The van der Waals surface area contributed by atoms with Crippen molar-refractivity contribution in [1.82, 2.24) is 25.0 Å². The Hall–Kier alpha value is -2.68. The zero-order valence-electron chi connectivity index (χ0n) is 19.6. The number of carbonyl (C=O) groups is 1. The van der Waals surface area contributed by atoms with E-state index in [1.165, 1.54) is 5.56 Å². The lowest BCUT2D eigenvalue weighted by Crippen LogP contribution is -2.38. The van der Waals surface area contributed by atoms with Crippen LogP contribution in [-0.4, -0.2) is 70.7 Å². The predicted molar refractivity (Wildman–Crippen MR) is 135 cm³/mol. The fraction of sp³-hybridized carbons (Fsp3) is 0.423. The van der Waals surface area contributed by atoms with E-state index in [2.05, 4.69) is 49.2 Å². The number of morpholine rings is 1. The van der Waals surface area contributed by atoms with Crippen LogP contribution in [0.15, 0.2) is 65.8 Å². The van der Waals surface area contributed by atoms with Gasteiger partial charge in [0.05, 0.1) is 13.2 Å². The summed E-state index contributed by atoms with van der Waals surface area (Å²) in [5.74, 6) is 1.85. The lowest BCUT2D eigenvalue weighted by atomic mass is 10.1. The van der Waals surface area contributed by atoms with Gasteiger partial charge >= 0.3 is 0 Å². The van der Waals surface area contributed by atoms with Crippen molar-refractivity contribution in [3.05, 3.63) is 72.1 Å². The van der Waals surface area contributed by atoms with Crippen molar-refractivity contribution in [1.29, 1.82) is 0 Å². The summed E-state index contributed by atoms with van der Waals surface area (Å²) in [5, 5.41) is 12.9. The zero-order chi connectivity index (χ0) is 23.4. The maximum atomic E-state index is 12.2. The van der Waals surface area contributed by atoms with Crippen LogP contribution < -0.4 is 5.32 Å². The average Bonchev–Trinajstić information content (AvgIpc) is 3.28. The van der Waals surface area contributed by atoms with E-state index < -0.39 is 0 Å². The fourth-order valence-corrected chi connectivity index (χ4v) is 4.87. The number of para-hydroxylation sites is 1. The second-order valence-corrected chi connectivity index (χ2v) is 9.40. The van der Waals surface area contributed by atoms with E-state index in [0.717, 1.165) is 81.1 Å². The lowest BCUT2D eigenvalue weighted by molar-refractivity contribution is -0.121. The summed E-state index contributed by atoms with van der Waals surface area (Å²) < 4.78 is 7.50. The Morgan fingerprint density at radius 2 is 1.71 bits per heavy atom. The first-order valence-electron chi connectivity index (χ1n) is 12.0. The van der Waals surface area contributed by atoms with Crippen molar-refractivity contribution in [2.24, 2.45) is 0 Å². The first-order chi connectivity index (χ1) is 16.8. The van der Waals surface area contributed by atoms with Crippen LogP contribution in [0.5, 0.6) is 0 Å². The molecule has 1 aromatic heterocycles. The van der Waals surface area contributed by atoms with Crippen molar-refractivity contribution in [2.45, 2.75) is 30.8 Å². The van der Waals surface area contributed by atoms with Crippen LogP contribution in [0.4, 0.5) is 0 Å². The van der Waals surface area contributed by atoms with Gasteiger partial charge in [0.2, 0.25) is 5.91 Å². The average molecular weight is 480 g/mol. The highest BCUT2D eigenvalue weighted by molar-refractivity contribution is 7.99. The number of hydrogen-bond acceptors (Lipinski definition) is 6. The number of amides is 1. The van der Waals surface area contributed by atoms with Crippen LogP contribution in [0.1, 0.15) is 30.7 Å². The smallest absolute Gasteiger partial charge is 0.220 e. The molecular weight excluding hydrogens is 446 g/mol. The van der Waals surface area contributed by atoms with Crippen LogP contribution >= 0.6 is 11.8 Å². The number of rotatable bonds is 12. The molecule has 2 aromatic carbocycles. The Labute approximate surface area is 205 Å². The Kier molecular flexibility index (Phi) is 9.54. The summed E-state index contributed by atoms with van der Waals surface area (Å²) in [4.78, 5) is 14.6. The number of nitrogens with zero attached hydrogens (tertiary/aromatic N) is 4. The van der Waals surface area contributed by atoms with Crippen molar-refractivity contribution < 1.29 is 9.53 Å². The summed E-state index contributed by atoms with van der Waals surface area (Å²) in [6.45, 7) is 5.36. The van der Waals surface area contributed by atoms with E-state index in [1.54, 1.807) is 11.8 Å². The second kappa shape index (κ2) is 13.3. The molecule has 1 aliphatic heterocycles. The fourth-order valence-electron chi connectivity index (χ4n) is 3.96. The lowest BCUT2D eigenvalue weighted by Gasteiger charge is -2.26. The minimum Gasteiger partial charge on any atom is -0.379 e. The zero-order valence-corrected chi connectivity index (χ0v) is 20.4. The molecule has 1 aliphatic rings. The van der Waals surface area contributed by atoms with E-state index in [0.29, 0.717) is 6.42 Å². The molecule has 7 nitrogen and oxygen atoms in total. The highest BCUT2D eigenvalue weighted by Gasteiger charge is 2.15. The Morgan fingerprint density at radius 3 is 2.47 bits per heavy atom. The SMILES string of the molecule is O=C(CCCSc1nnc(Cc2ccccc2)n1-c1ccccc1)NCCCN1CCOCC1. The minimum absolute atomic E-state index is 0.122. The van der Waals surface area contributed by atoms with Crippen LogP contribution in [0, 0.1) is 0 Å². The number of thioether (sulfide) groups is 1. The molecule has 0 saturated carbocycles. The van der Waals surface area contributed by atoms with Gasteiger partial charge in [0.1, 0.15) is 5.82 Å². The standard InChI is InChI=1S/C26H33N5O2S/c32-25(27-14-8-15-30-16-18-33-19-17-30)13-7-20-34-26-29-28-24(21-22-9-3-1-4-10-22)31(26)23-11-5-2-6-12-23/h1-6,9-12H,7-8,13-21H2,(H,27,32). The molecule has 0 atom stereocenters. The van der Waals surface area contributed by atoms with E-state index >= 15 is 0 Å². The summed E-state index contributed by atoms with van der Waals surface area (Å²) in [6.07, 6.45) is 3.03. The number of hydrogen-bond donors (Lipinski definition) is 1. The maximum Gasteiger partial charge on any atom is 0.220 e. The minimum atomic E-state index is 0.122. The Balaban J connectivity index is 1.24. The van der Waals surface area contributed by atoms with Gasteiger partial charge in [-0.05, 0) is 37.1 Å². The van der Waals surface area contributed by atoms with Gasteiger partial charge in [-0.15, -0.1) is 10.2 Å². The van der Waals surface area contributed by atoms with E-state index in [9.17, 15) is 4.79 Å². The second-order valence-electron chi connectivity index (χ2n) is 8.34. The van der Waals surface area contributed by atoms with Crippen molar-refractivity contribution in [3.63, 3.8) is 0 Å². The highest BCUT2D eigenvalue weighted by Crippen LogP contribution is 2.24. The molecule has 1 fully saturated rings. The first kappa shape index (κ1) is 24.4. The summed E-state index contributed by atoms with van der Waals surface area (Å²) >= 11 is 1.65. The van der Waals surface area contributed by atoms with E-state index in [1.807, 2.05) is 36.4 Å². The number of carbonyl (C=O) groups excluding carboxylic acids is 1. The molecule has 4 rings (SSSR count). The number of aromatic nitrogens is 3. The van der Waals surface area contributed by atoms with Gasteiger partial charge in [0.15, 0.2) is 5.16 Å². The molecule has 8 heteroatoms. The third-order valence-corrected chi connectivity index (χ3v) is 6.79. The van der Waals surface area contributed by atoms with Crippen LogP contribution in [0.3, 0.4) is 0 Å². The summed E-state index contributed by atoms with van der Waals surface area (Å²) in [7, 11) is 0. The van der Waals surface area contributed by atoms with Gasteiger partial charge in [0, 0.05) is 43.9 Å². The Morgan fingerprint density at radius 1 is 0.971 bits per heavy atom. The summed E-state index contributed by atoms with van der Waals surface area (Å²) in [5.41, 5.74) is 2.26. The number of ether oxygens (including phenoxy) is 1. The molecule has 0 bridgehead atoms. The molecule has 3 aromatic rings. The Bertz CT molecular complexity index is 1010. The molecule has 34 heavy (non-hydrogen) atoms. The molecule has 0 aliphatic carbocycles. The van der Waals surface area contributed by atoms with Crippen molar-refractivity contribution >= 4 is 17.7 Å². The molecule has 0 unspecified atom stereocenters. The number of nitrogens with one attached hydrogen (secondary N) is 1. The van der Waals surface area contributed by atoms with Gasteiger partial charge in [-0.2, -0.15) is 0 Å². The van der Waals surface area contributed by atoms with Gasteiger partial charge in [-0.25, -0.2) is 0 Å². The molecule has 0 spiro atoms. The van der Waals surface area contributed by atoms with Crippen molar-refractivity contribution in [3.8, 4) is 5.69 Å². The van der Waals surface area contributed by atoms with Gasteiger partial charge in [-0.1, -0.05) is 60.3 Å². The van der Waals surface area contributed by atoms with Gasteiger partial charge < -0.3 is 10.1 Å². The van der Waals surface area contributed by atoms with Crippen LogP contribution in [-0.2, 0) is 16.0 Å². The normalized spacial score (nSPS) is 14.2. The third kappa shape index (κ3) is 7.41. The first-order valence-corrected chi connectivity index (χ1v) is 13.0. The van der Waals surface area contributed by atoms with Crippen LogP contribution in [0.25, 0.3) is 5.69 Å². The summed E-state index contributed by atoms with van der Waals surface area (Å²) in [6, 6.07) is 20.5. The molecule has 1 amide bonds. The molecular formula is C26H33N5O2S. The maximum absolute atomic E-state index is 12.2. The topological polar surface area (TPSA) is 72.3 Å². The van der Waals surface area contributed by atoms with E-state index in [4.69, 9.17) is 4.74 Å². The monoisotopic (exact) mass is 479 g/mol. The van der Waals surface area contributed by atoms with Gasteiger partial charge in [0.25, 0.3) is 0 Å². The van der Waals surface area contributed by atoms with E-state index in [-0.39, 0.29) is 5.91 Å². The highest BCUT2D eigenvalue weighted by atomic mass is 32.2. The number of benzene rings is 2. The molecule has 0 radical (unpaired) electrons.